The molecule has 17 heavy (non-hydrogen) atoms. The van der Waals surface area contributed by atoms with Gasteiger partial charge in [0.25, 0.3) is 0 Å². The van der Waals surface area contributed by atoms with Crippen LogP contribution in [0.5, 0.6) is 0 Å². The Labute approximate surface area is 111 Å². The number of carboxylic acids is 1. The molecule has 94 valence electrons. The van der Waals surface area contributed by atoms with Crippen LogP contribution in [0.25, 0.3) is 0 Å². The second kappa shape index (κ2) is 6.05. The van der Waals surface area contributed by atoms with Crippen molar-refractivity contribution in [1.29, 1.82) is 0 Å². The van der Waals surface area contributed by atoms with Gasteiger partial charge in [-0.1, -0.05) is 22.9 Å². The molecule has 0 atom stereocenters. The zero-order chi connectivity index (χ0) is 13.0. The fourth-order valence-corrected chi connectivity index (χ4v) is 2.27. The summed E-state index contributed by atoms with van der Waals surface area (Å²) in [5, 5.41) is 9.04. The highest BCUT2D eigenvalue weighted by Gasteiger charge is 2.13. The van der Waals surface area contributed by atoms with Crippen LogP contribution in [0.4, 0.5) is 5.69 Å². The molecule has 0 aliphatic rings. The number of halogens is 1. The minimum absolute atomic E-state index is 0.316. The van der Waals surface area contributed by atoms with Crippen molar-refractivity contribution in [2.24, 2.45) is 0 Å². The van der Waals surface area contributed by atoms with Gasteiger partial charge >= 0.3 is 5.97 Å². The molecule has 0 amide bonds. The van der Waals surface area contributed by atoms with Gasteiger partial charge in [-0.15, -0.1) is 0 Å². The Kier molecular flexibility index (Phi) is 5.00. The molecule has 4 heteroatoms. The third kappa shape index (κ3) is 3.73. The van der Waals surface area contributed by atoms with Crippen LogP contribution >= 0.6 is 15.9 Å². The normalized spacial score (nSPS) is 10.6. The smallest absolute Gasteiger partial charge is 0.335 e. The molecule has 0 saturated heterocycles. The van der Waals surface area contributed by atoms with Gasteiger partial charge in [0, 0.05) is 22.7 Å². The number of hydrogen-bond donors (Lipinski definition) is 1. The van der Waals surface area contributed by atoms with Crippen LogP contribution in [0.1, 0.15) is 37.6 Å². The number of carboxylic acid groups (broad SMARTS) is 1. The predicted octanol–water partition coefficient (Wildman–Crippen LogP) is 3.77. The van der Waals surface area contributed by atoms with E-state index < -0.39 is 5.97 Å². The van der Waals surface area contributed by atoms with Gasteiger partial charge in [0.1, 0.15) is 0 Å². The standard InChI is InChI=1S/C13H18BrNO2/c1-4-5-15(9(2)3)12-7-10(13(16)17)6-11(14)8-12/h6-9H,4-5H2,1-3H3,(H,16,17). The Hall–Kier alpha value is -1.03. The molecule has 1 aromatic carbocycles. The van der Waals surface area contributed by atoms with Crippen LogP contribution in [-0.2, 0) is 0 Å². The van der Waals surface area contributed by atoms with E-state index in [1.165, 1.54) is 0 Å². The number of aromatic carboxylic acids is 1. The van der Waals surface area contributed by atoms with E-state index in [9.17, 15) is 4.79 Å². The molecule has 0 heterocycles. The van der Waals surface area contributed by atoms with Gasteiger partial charge in [-0.25, -0.2) is 4.79 Å². The average molecular weight is 300 g/mol. The summed E-state index contributed by atoms with van der Waals surface area (Å²) in [7, 11) is 0. The first-order chi connectivity index (χ1) is 7.95. The van der Waals surface area contributed by atoms with Crippen molar-refractivity contribution in [3.63, 3.8) is 0 Å². The van der Waals surface area contributed by atoms with Gasteiger partial charge in [-0.2, -0.15) is 0 Å². The highest BCUT2D eigenvalue weighted by Crippen LogP contribution is 2.24. The number of hydrogen-bond acceptors (Lipinski definition) is 2. The number of nitrogens with zero attached hydrogens (tertiary/aromatic N) is 1. The van der Waals surface area contributed by atoms with Gasteiger partial charge in [0.15, 0.2) is 0 Å². The molecule has 0 aliphatic heterocycles. The first-order valence-electron chi connectivity index (χ1n) is 5.76. The Morgan fingerprint density at radius 1 is 1.41 bits per heavy atom. The van der Waals surface area contributed by atoms with Crippen LogP contribution < -0.4 is 4.90 Å². The second-order valence-electron chi connectivity index (χ2n) is 4.29. The van der Waals surface area contributed by atoms with Crippen molar-refractivity contribution in [2.45, 2.75) is 33.2 Å². The molecule has 1 rings (SSSR count). The first-order valence-corrected chi connectivity index (χ1v) is 6.55. The zero-order valence-corrected chi connectivity index (χ0v) is 12.0. The van der Waals surface area contributed by atoms with Crippen molar-refractivity contribution in [2.75, 3.05) is 11.4 Å². The SMILES string of the molecule is CCCN(c1cc(Br)cc(C(=O)O)c1)C(C)C. The molecule has 0 aliphatic carbocycles. The lowest BCUT2D eigenvalue weighted by atomic mass is 10.1. The van der Waals surface area contributed by atoms with E-state index in [4.69, 9.17) is 5.11 Å². The van der Waals surface area contributed by atoms with E-state index in [1.54, 1.807) is 12.1 Å². The molecule has 0 aromatic heterocycles. The summed E-state index contributed by atoms with van der Waals surface area (Å²) in [5.74, 6) is -0.896. The summed E-state index contributed by atoms with van der Waals surface area (Å²) in [5.41, 5.74) is 1.27. The summed E-state index contributed by atoms with van der Waals surface area (Å²) >= 11 is 3.36. The van der Waals surface area contributed by atoms with Gasteiger partial charge in [-0.3, -0.25) is 0 Å². The molecule has 0 radical (unpaired) electrons. The van der Waals surface area contributed by atoms with E-state index in [0.717, 1.165) is 23.1 Å². The summed E-state index contributed by atoms with van der Waals surface area (Å²) in [4.78, 5) is 13.2. The maximum atomic E-state index is 11.0. The quantitative estimate of drug-likeness (QED) is 0.900. The number of benzene rings is 1. The molecular weight excluding hydrogens is 282 g/mol. The summed E-state index contributed by atoms with van der Waals surface area (Å²) in [6, 6.07) is 5.66. The largest absolute Gasteiger partial charge is 0.478 e. The number of rotatable bonds is 5. The maximum Gasteiger partial charge on any atom is 0.335 e. The fraction of sp³-hybridized carbons (Fsp3) is 0.462. The van der Waals surface area contributed by atoms with Crippen LogP contribution in [0.15, 0.2) is 22.7 Å². The molecule has 1 aromatic rings. The monoisotopic (exact) mass is 299 g/mol. The highest BCUT2D eigenvalue weighted by atomic mass is 79.9. The summed E-state index contributed by atoms with van der Waals surface area (Å²) in [6.07, 6.45) is 1.03. The number of carbonyl (C=O) groups is 1. The predicted molar refractivity (Wildman–Crippen MR) is 73.9 cm³/mol. The van der Waals surface area contributed by atoms with Crippen molar-refractivity contribution in [3.8, 4) is 0 Å². The van der Waals surface area contributed by atoms with Crippen LogP contribution in [0, 0.1) is 0 Å². The molecular formula is C13H18BrNO2. The lowest BCUT2D eigenvalue weighted by Crippen LogP contribution is -2.31. The van der Waals surface area contributed by atoms with E-state index in [1.807, 2.05) is 6.07 Å². The van der Waals surface area contributed by atoms with E-state index in [0.29, 0.717) is 11.6 Å². The molecule has 3 nitrogen and oxygen atoms in total. The summed E-state index contributed by atoms with van der Waals surface area (Å²) in [6.45, 7) is 7.26. The topological polar surface area (TPSA) is 40.5 Å². The van der Waals surface area contributed by atoms with Crippen LogP contribution in [-0.4, -0.2) is 23.7 Å². The highest BCUT2D eigenvalue weighted by molar-refractivity contribution is 9.10. The first kappa shape index (κ1) is 14.0. The molecule has 1 N–H and O–H groups in total. The van der Waals surface area contributed by atoms with Gasteiger partial charge in [-0.05, 0) is 38.5 Å². The minimum atomic E-state index is -0.896. The Balaban J connectivity index is 3.14. The lowest BCUT2D eigenvalue weighted by Gasteiger charge is -2.29. The third-order valence-electron chi connectivity index (χ3n) is 2.55. The maximum absolute atomic E-state index is 11.0. The van der Waals surface area contributed by atoms with Crippen molar-refractivity contribution < 1.29 is 9.90 Å². The van der Waals surface area contributed by atoms with Crippen LogP contribution in [0.2, 0.25) is 0 Å². The van der Waals surface area contributed by atoms with Crippen molar-refractivity contribution >= 4 is 27.6 Å². The fourth-order valence-electron chi connectivity index (χ4n) is 1.79. The second-order valence-corrected chi connectivity index (χ2v) is 5.21. The zero-order valence-electron chi connectivity index (χ0n) is 10.4. The van der Waals surface area contributed by atoms with E-state index in [-0.39, 0.29) is 0 Å². The minimum Gasteiger partial charge on any atom is -0.478 e. The average Bonchev–Trinajstić information content (AvgIpc) is 2.24. The molecule has 0 spiro atoms. The van der Waals surface area contributed by atoms with Gasteiger partial charge in [0.2, 0.25) is 0 Å². The molecule has 0 fully saturated rings. The molecule has 0 bridgehead atoms. The van der Waals surface area contributed by atoms with Crippen molar-refractivity contribution in [1.82, 2.24) is 0 Å². The summed E-state index contributed by atoms with van der Waals surface area (Å²) < 4.78 is 0.800. The Morgan fingerprint density at radius 2 is 2.06 bits per heavy atom. The molecule has 0 unspecified atom stereocenters. The van der Waals surface area contributed by atoms with Gasteiger partial charge < -0.3 is 10.0 Å². The van der Waals surface area contributed by atoms with Gasteiger partial charge in [0.05, 0.1) is 5.56 Å². The van der Waals surface area contributed by atoms with E-state index in [2.05, 4.69) is 41.6 Å². The Morgan fingerprint density at radius 3 is 2.53 bits per heavy atom. The van der Waals surface area contributed by atoms with E-state index >= 15 is 0 Å². The Bertz CT molecular complexity index is 404. The number of anilines is 1. The lowest BCUT2D eigenvalue weighted by molar-refractivity contribution is 0.0697. The molecule has 0 saturated carbocycles. The van der Waals surface area contributed by atoms with Crippen LogP contribution in [0.3, 0.4) is 0 Å². The van der Waals surface area contributed by atoms with Crippen molar-refractivity contribution in [3.05, 3.63) is 28.2 Å². The third-order valence-corrected chi connectivity index (χ3v) is 3.01.